The van der Waals surface area contributed by atoms with Crippen LogP contribution in [0.2, 0.25) is 0 Å². The molecule has 2 rings (SSSR count). The van der Waals surface area contributed by atoms with E-state index in [1.165, 1.54) is 11.1 Å². The molecule has 0 aliphatic heterocycles. The zero-order valence-electron chi connectivity index (χ0n) is 9.80. The van der Waals surface area contributed by atoms with Gasteiger partial charge in [-0.1, -0.05) is 14.9 Å². The average molecular weight is 321 g/mol. The van der Waals surface area contributed by atoms with Crippen molar-refractivity contribution in [2.24, 2.45) is 7.05 Å². The van der Waals surface area contributed by atoms with Crippen LogP contribution in [0.15, 0.2) is 49.1 Å². The summed E-state index contributed by atoms with van der Waals surface area (Å²) in [6, 6.07) is 8.56. The molecule has 2 aromatic rings. The summed E-state index contributed by atoms with van der Waals surface area (Å²) in [6.07, 6.45) is 8.36. The van der Waals surface area contributed by atoms with Crippen LogP contribution in [0.5, 0.6) is 0 Å². The van der Waals surface area contributed by atoms with Crippen LogP contribution in [-0.2, 0) is 46.3 Å². The van der Waals surface area contributed by atoms with Gasteiger partial charge < -0.3 is 0 Å². The van der Waals surface area contributed by atoms with E-state index in [0.29, 0.717) is 0 Å². The molecule has 0 spiro atoms. The maximum Gasteiger partial charge on any atom is 0.169 e. The van der Waals surface area contributed by atoms with Crippen molar-refractivity contribution in [2.45, 2.75) is 28.3 Å². The molecule has 0 N–H and O–H groups in total. The van der Waals surface area contributed by atoms with Gasteiger partial charge in [0.15, 0.2) is 24.8 Å². The molecule has 2 aromatic heterocycles. The molecular weight excluding hydrogens is 297 g/mol. The Morgan fingerprint density at radius 3 is 1.61 bits per heavy atom. The maximum absolute atomic E-state index is 2.16. The van der Waals surface area contributed by atoms with Gasteiger partial charge in [-0.15, -0.1) is 0 Å². The fourth-order valence-electron chi connectivity index (χ4n) is 1.55. The summed E-state index contributed by atoms with van der Waals surface area (Å²) in [5.41, 5.74) is 2.52. The van der Waals surface area contributed by atoms with Crippen molar-refractivity contribution in [2.75, 3.05) is 0 Å². The minimum Gasteiger partial charge on any atom is -0.208 e. The van der Waals surface area contributed by atoms with Crippen LogP contribution >= 0.6 is 0 Å². The van der Waals surface area contributed by atoms with Crippen molar-refractivity contribution in [3.05, 3.63) is 49.1 Å². The number of aryl methyl sites for hydroxylation is 2. The molecule has 2 heterocycles. The Hall–Kier alpha value is -0.596. The zero-order valence-corrected chi connectivity index (χ0v) is 12.6. The minimum atomic E-state index is 0. The number of nitrogens with zero attached hydrogens (tertiary/aromatic N) is 2. The van der Waals surface area contributed by atoms with Gasteiger partial charge in [-0.05, 0) is 18.1 Å². The summed E-state index contributed by atoms with van der Waals surface area (Å²) in [5, 5.41) is 0. The van der Waals surface area contributed by atoms with Crippen LogP contribution < -0.4 is 9.13 Å². The molecule has 0 aliphatic rings. The van der Waals surface area contributed by atoms with Gasteiger partial charge in [0.2, 0.25) is 0 Å². The molecule has 3 heteroatoms. The topological polar surface area (TPSA) is 7.76 Å². The van der Waals surface area contributed by atoms with E-state index in [1.54, 1.807) is 0 Å². The predicted octanol–water partition coefficient (Wildman–Crippen LogP) is 2.76. The van der Waals surface area contributed by atoms with Gasteiger partial charge in [0.1, 0.15) is 13.6 Å². The maximum atomic E-state index is 2.16. The summed E-state index contributed by atoms with van der Waals surface area (Å²) < 4.78 is 4.20. The smallest absolute Gasteiger partial charge is 0.169 e. The average Bonchev–Trinajstić information content (AvgIpc) is 2.30. The summed E-state index contributed by atoms with van der Waals surface area (Å²) >= 11 is 0. The molecule has 1 radical (unpaired) electrons. The van der Waals surface area contributed by atoms with E-state index in [0.717, 1.165) is 6.54 Å². The Morgan fingerprint density at radius 1 is 0.833 bits per heavy atom. The van der Waals surface area contributed by atoms with Crippen LogP contribution in [0.1, 0.15) is 21.8 Å². The van der Waals surface area contributed by atoms with Crippen molar-refractivity contribution in [3.8, 4) is 11.1 Å². The van der Waals surface area contributed by atoms with Gasteiger partial charge in [-0.25, -0.2) is 9.13 Å². The van der Waals surface area contributed by atoms with E-state index in [2.05, 4.69) is 60.5 Å². The van der Waals surface area contributed by atoms with E-state index in [9.17, 15) is 0 Å². The first kappa shape index (κ1) is 19.7. The molecular formula is C15H24N2Y+2. The molecule has 0 amide bonds. The number of rotatable bonds is 2. The summed E-state index contributed by atoms with van der Waals surface area (Å²) in [7, 11) is 2.03. The molecule has 0 unspecified atom stereocenters. The standard InChI is InChI=1S/C13H16N2.2CH4.Y/c1-3-15-10-6-13(7-11-15)12-4-8-14(2)9-5-12;;;/h4-11H,3H2,1-2H3;2*1H4;/q+2;;;. The van der Waals surface area contributed by atoms with Crippen LogP contribution in [0.25, 0.3) is 11.1 Å². The third kappa shape index (κ3) is 4.95. The molecule has 2 nitrogen and oxygen atoms in total. The number of hydrogen-bond donors (Lipinski definition) is 0. The summed E-state index contributed by atoms with van der Waals surface area (Å²) in [4.78, 5) is 0. The number of hydrogen-bond acceptors (Lipinski definition) is 0. The predicted molar refractivity (Wildman–Crippen MR) is 72.4 cm³/mol. The Morgan fingerprint density at radius 2 is 1.22 bits per heavy atom. The van der Waals surface area contributed by atoms with E-state index in [4.69, 9.17) is 0 Å². The van der Waals surface area contributed by atoms with Gasteiger partial charge in [0.25, 0.3) is 0 Å². The first-order chi connectivity index (χ1) is 7.29. The molecule has 0 fully saturated rings. The third-order valence-electron chi connectivity index (χ3n) is 2.57. The minimum absolute atomic E-state index is 0. The molecule has 0 aromatic carbocycles. The van der Waals surface area contributed by atoms with Crippen LogP contribution in [0, 0.1) is 0 Å². The Labute approximate surface area is 137 Å². The van der Waals surface area contributed by atoms with Crippen molar-refractivity contribution in [1.29, 1.82) is 0 Å². The van der Waals surface area contributed by atoms with Crippen molar-refractivity contribution in [3.63, 3.8) is 0 Å². The van der Waals surface area contributed by atoms with E-state index in [1.807, 2.05) is 11.6 Å². The summed E-state index contributed by atoms with van der Waals surface area (Å²) in [6.45, 7) is 3.16. The van der Waals surface area contributed by atoms with Crippen LogP contribution in [0.4, 0.5) is 0 Å². The molecule has 0 bridgehead atoms. The number of pyridine rings is 2. The fourth-order valence-corrected chi connectivity index (χ4v) is 1.55. The Kier molecular flexibility index (Phi) is 10.3. The largest absolute Gasteiger partial charge is 0.208 e. The SMILES string of the molecule is C.C.CC[n+]1ccc(-c2cc[n+](C)cc2)cc1.[Y]. The van der Waals surface area contributed by atoms with Crippen molar-refractivity contribution in [1.82, 2.24) is 0 Å². The monoisotopic (exact) mass is 321 g/mol. The molecule has 95 valence electrons. The molecule has 0 saturated heterocycles. The molecule has 0 saturated carbocycles. The van der Waals surface area contributed by atoms with Crippen molar-refractivity contribution >= 4 is 0 Å². The van der Waals surface area contributed by atoms with E-state index in [-0.39, 0.29) is 47.6 Å². The van der Waals surface area contributed by atoms with Gasteiger partial charge in [-0.2, -0.15) is 0 Å². The number of aromatic nitrogens is 2. The Bertz CT molecular complexity index is 435. The van der Waals surface area contributed by atoms with E-state index >= 15 is 0 Å². The summed E-state index contributed by atoms with van der Waals surface area (Å²) in [5.74, 6) is 0. The van der Waals surface area contributed by atoms with Gasteiger partial charge in [0.05, 0.1) is 0 Å². The third-order valence-corrected chi connectivity index (χ3v) is 2.57. The quantitative estimate of drug-likeness (QED) is 0.752. The van der Waals surface area contributed by atoms with Crippen LogP contribution in [0.3, 0.4) is 0 Å². The second kappa shape index (κ2) is 9.35. The molecule has 0 aliphatic carbocycles. The zero-order chi connectivity index (χ0) is 10.7. The van der Waals surface area contributed by atoms with Gasteiger partial charge in [-0.3, -0.25) is 0 Å². The van der Waals surface area contributed by atoms with E-state index < -0.39 is 0 Å². The van der Waals surface area contributed by atoms with Gasteiger partial charge in [0, 0.05) is 57.0 Å². The molecule has 18 heavy (non-hydrogen) atoms. The second-order valence-electron chi connectivity index (χ2n) is 3.67. The second-order valence-corrected chi connectivity index (χ2v) is 3.67. The van der Waals surface area contributed by atoms with Gasteiger partial charge >= 0.3 is 0 Å². The first-order valence-electron chi connectivity index (χ1n) is 5.24. The van der Waals surface area contributed by atoms with Crippen molar-refractivity contribution < 1.29 is 41.8 Å². The normalized spacial score (nSPS) is 8.56. The Balaban J connectivity index is 0. The first-order valence-corrected chi connectivity index (χ1v) is 5.24. The fraction of sp³-hybridized carbons (Fsp3) is 0.333. The molecule has 0 atom stereocenters. The van der Waals surface area contributed by atoms with Crippen LogP contribution in [-0.4, -0.2) is 0 Å².